The molecule has 0 amide bonds. The summed E-state index contributed by atoms with van der Waals surface area (Å²) in [5.41, 5.74) is 8.62. The molecule has 0 radical (unpaired) electrons. The van der Waals surface area contributed by atoms with E-state index in [0.717, 1.165) is 28.0 Å². The Bertz CT molecular complexity index is 521. The number of nitrogens with two attached hydrogens (primary N) is 1. The lowest BCUT2D eigenvalue weighted by Crippen LogP contribution is -1.98. The molecule has 0 saturated carbocycles. The zero-order chi connectivity index (χ0) is 11.7. The highest BCUT2D eigenvalue weighted by atomic mass is 16.5. The molecule has 3 nitrogen and oxygen atoms in total. The van der Waals surface area contributed by atoms with Crippen molar-refractivity contribution in [1.82, 2.24) is 4.98 Å². The molecule has 2 N–H and O–H groups in total. The van der Waals surface area contributed by atoms with Crippen molar-refractivity contribution in [2.45, 2.75) is 19.8 Å². The van der Waals surface area contributed by atoms with Gasteiger partial charge >= 0.3 is 0 Å². The standard InChI is InChI=1S/C13H16N2O/c1-8(2)11-7-10(14)9-5-4-6-12(16-3)13(9)15-11/h4-8H,1-3H3,(H2,14,15). The Morgan fingerprint density at radius 1 is 1.31 bits per heavy atom. The van der Waals surface area contributed by atoms with Crippen LogP contribution in [0.4, 0.5) is 5.69 Å². The van der Waals surface area contributed by atoms with Gasteiger partial charge in [-0.25, -0.2) is 4.98 Å². The van der Waals surface area contributed by atoms with Gasteiger partial charge in [0.2, 0.25) is 0 Å². The lowest BCUT2D eigenvalue weighted by atomic mass is 10.1. The van der Waals surface area contributed by atoms with Crippen molar-refractivity contribution in [3.63, 3.8) is 0 Å². The molecule has 0 aliphatic carbocycles. The Hall–Kier alpha value is -1.77. The normalized spacial score (nSPS) is 11.0. The minimum atomic E-state index is 0.358. The first-order valence-corrected chi connectivity index (χ1v) is 5.36. The minimum absolute atomic E-state index is 0.358. The summed E-state index contributed by atoms with van der Waals surface area (Å²) in [6.45, 7) is 4.20. The summed E-state index contributed by atoms with van der Waals surface area (Å²) in [4.78, 5) is 4.60. The third kappa shape index (κ3) is 1.69. The van der Waals surface area contributed by atoms with Gasteiger partial charge in [0.25, 0.3) is 0 Å². The summed E-state index contributed by atoms with van der Waals surface area (Å²) < 4.78 is 5.30. The van der Waals surface area contributed by atoms with E-state index < -0.39 is 0 Å². The first-order valence-electron chi connectivity index (χ1n) is 5.36. The van der Waals surface area contributed by atoms with Crippen molar-refractivity contribution < 1.29 is 4.74 Å². The number of anilines is 1. The molecule has 16 heavy (non-hydrogen) atoms. The molecule has 1 heterocycles. The van der Waals surface area contributed by atoms with Gasteiger partial charge in [0.05, 0.1) is 7.11 Å². The van der Waals surface area contributed by atoms with Crippen LogP contribution in [0.3, 0.4) is 0 Å². The van der Waals surface area contributed by atoms with E-state index in [1.165, 1.54) is 0 Å². The van der Waals surface area contributed by atoms with Crippen molar-refractivity contribution in [3.05, 3.63) is 30.0 Å². The Morgan fingerprint density at radius 2 is 2.06 bits per heavy atom. The van der Waals surface area contributed by atoms with E-state index in [4.69, 9.17) is 10.5 Å². The molecule has 2 rings (SSSR count). The molecule has 2 aromatic rings. The number of para-hydroxylation sites is 1. The molecule has 0 fully saturated rings. The van der Waals surface area contributed by atoms with Gasteiger partial charge in [0.1, 0.15) is 11.3 Å². The summed E-state index contributed by atoms with van der Waals surface area (Å²) >= 11 is 0. The van der Waals surface area contributed by atoms with Gasteiger partial charge in [-0.3, -0.25) is 0 Å². The van der Waals surface area contributed by atoms with Crippen molar-refractivity contribution in [2.75, 3.05) is 12.8 Å². The fraction of sp³-hybridized carbons (Fsp3) is 0.308. The molecule has 1 aromatic heterocycles. The molecule has 0 bridgehead atoms. The number of aromatic nitrogens is 1. The SMILES string of the molecule is COc1cccc2c(N)cc(C(C)C)nc12. The quantitative estimate of drug-likeness (QED) is 0.839. The minimum Gasteiger partial charge on any atom is -0.494 e. The molecule has 0 aliphatic heterocycles. The van der Waals surface area contributed by atoms with Gasteiger partial charge in [-0.1, -0.05) is 26.0 Å². The Kier molecular flexibility index (Phi) is 2.69. The van der Waals surface area contributed by atoms with Crippen molar-refractivity contribution in [2.24, 2.45) is 0 Å². The van der Waals surface area contributed by atoms with Gasteiger partial charge in [-0.15, -0.1) is 0 Å². The fourth-order valence-corrected chi connectivity index (χ4v) is 1.73. The highest BCUT2D eigenvalue weighted by Gasteiger charge is 2.09. The first kappa shape index (κ1) is 10.7. The summed E-state index contributed by atoms with van der Waals surface area (Å²) in [6.07, 6.45) is 0. The molecule has 84 valence electrons. The number of benzene rings is 1. The summed E-state index contributed by atoms with van der Waals surface area (Å²) in [5.74, 6) is 1.13. The predicted octanol–water partition coefficient (Wildman–Crippen LogP) is 2.95. The number of rotatable bonds is 2. The molecule has 0 saturated heterocycles. The topological polar surface area (TPSA) is 48.1 Å². The Balaban J connectivity index is 2.77. The number of fused-ring (bicyclic) bond motifs is 1. The number of pyridine rings is 1. The van der Waals surface area contributed by atoms with Crippen LogP contribution in [0.5, 0.6) is 5.75 Å². The molecular weight excluding hydrogens is 200 g/mol. The zero-order valence-electron chi connectivity index (χ0n) is 9.82. The van der Waals surface area contributed by atoms with Crippen LogP contribution in [0.1, 0.15) is 25.5 Å². The fourth-order valence-electron chi connectivity index (χ4n) is 1.73. The number of nitrogens with zero attached hydrogens (tertiary/aromatic N) is 1. The molecule has 1 aromatic carbocycles. The lowest BCUT2D eigenvalue weighted by molar-refractivity contribution is 0.419. The third-order valence-corrected chi connectivity index (χ3v) is 2.67. The van der Waals surface area contributed by atoms with E-state index in [9.17, 15) is 0 Å². The van der Waals surface area contributed by atoms with Crippen LogP contribution in [-0.2, 0) is 0 Å². The molecule has 0 aliphatic rings. The Morgan fingerprint density at radius 3 is 2.69 bits per heavy atom. The number of methoxy groups -OCH3 is 1. The van der Waals surface area contributed by atoms with Crippen LogP contribution >= 0.6 is 0 Å². The van der Waals surface area contributed by atoms with Crippen molar-refractivity contribution in [1.29, 1.82) is 0 Å². The van der Waals surface area contributed by atoms with Crippen LogP contribution < -0.4 is 10.5 Å². The monoisotopic (exact) mass is 216 g/mol. The molecular formula is C13H16N2O. The van der Waals surface area contributed by atoms with Crippen LogP contribution in [0, 0.1) is 0 Å². The van der Waals surface area contributed by atoms with Crippen LogP contribution in [0.25, 0.3) is 10.9 Å². The van der Waals surface area contributed by atoms with Gasteiger partial charge < -0.3 is 10.5 Å². The van der Waals surface area contributed by atoms with E-state index in [-0.39, 0.29) is 0 Å². The van der Waals surface area contributed by atoms with Crippen molar-refractivity contribution >= 4 is 16.6 Å². The van der Waals surface area contributed by atoms with E-state index in [0.29, 0.717) is 5.92 Å². The maximum atomic E-state index is 6.02. The first-order chi connectivity index (χ1) is 7.63. The van der Waals surface area contributed by atoms with E-state index in [1.54, 1.807) is 7.11 Å². The predicted molar refractivity (Wildman–Crippen MR) is 66.8 cm³/mol. The highest BCUT2D eigenvalue weighted by molar-refractivity contribution is 5.94. The van der Waals surface area contributed by atoms with E-state index in [1.807, 2.05) is 24.3 Å². The van der Waals surface area contributed by atoms with E-state index >= 15 is 0 Å². The summed E-state index contributed by atoms with van der Waals surface area (Å²) in [7, 11) is 1.65. The van der Waals surface area contributed by atoms with Gasteiger partial charge in [0, 0.05) is 16.8 Å². The highest BCUT2D eigenvalue weighted by Crippen LogP contribution is 2.29. The smallest absolute Gasteiger partial charge is 0.145 e. The number of nitrogen functional groups attached to an aromatic ring is 1. The maximum Gasteiger partial charge on any atom is 0.145 e. The average Bonchev–Trinajstić information content (AvgIpc) is 2.28. The second-order valence-electron chi connectivity index (χ2n) is 4.15. The molecule has 3 heteroatoms. The third-order valence-electron chi connectivity index (χ3n) is 2.67. The van der Waals surface area contributed by atoms with Crippen LogP contribution in [-0.4, -0.2) is 12.1 Å². The second-order valence-corrected chi connectivity index (χ2v) is 4.15. The Labute approximate surface area is 95.2 Å². The maximum absolute atomic E-state index is 6.02. The molecule has 0 unspecified atom stereocenters. The molecule has 0 spiro atoms. The van der Waals surface area contributed by atoms with Crippen LogP contribution in [0.2, 0.25) is 0 Å². The van der Waals surface area contributed by atoms with Gasteiger partial charge in [0.15, 0.2) is 0 Å². The van der Waals surface area contributed by atoms with Crippen molar-refractivity contribution in [3.8, 4) is 5.75 Å². The second kappa shape index (κ2) is 4.00. The van der Waals surface area contributed by atoms with Gasteiger partial charge in [-0.2, -0.15) is 0 Å². The largest absolute Gasteiger partial charge is 0.494 e. The number of hydrogen-bond acceptors (Lipinski definition) is 3. The molecule has 0 atom stereocenters. The summed E-state index contributed by atoms with van der Waals surface area (Å²) in [5, 5.41) is 0.948. The lowest BCUT2D eigenvalue weighted by Gasteiger charge is -2.11. The summed E-state index contributed by atoms with van der Waals surface area (Å²) in [6, 6.07) is 7.73. The van der Waals surface area contributed by atoms with Crippen LogP contribution in [0.15, 0.2) is 24.3 Å². The number of ether oxygens (including phenoxy) is 1. The zero-order valence-corrected chi connectivity index (χ0v) is 9.82. The number of hydrogen-bond donors (Lipinski definition) is 1. The average molecular weight is 216 g/mol. The van der Waals surface area contributed by atoms with Gasteiger partial charge in [-0.05, 0) is 18.1 Å². The van der Waals surface area contributed by atoms with E-state index in [2.05, 4.69) is 18.8 Å².